The fourth-order valence-corrected chi connectivity index (χ4v) is 3.11. The number of aryl methyl sites for hydroxylation is 1. The molecule has 1 aromatic rings. The molecule has 0 spiro atoms. The summed E-state index contributed by atoms with van der Waals surface area (Å²) in [4.78, 5) is 0. The maximum atomic E-state index is 14.3. The topological polar surface area (TPSA) is 9.23 Å². The monoisotopic (exact) mass is 428 g/mol. The van der Waals surface area contributed by atoms with Crippen molar-refractivity contribution >= 4 is 0 Å². The lowest BCUT2D eigenvalue weighted by atomic mass is 9.87. The highest BCUT2D eigenvalue weighted by Gasteiger charge is 2.47. The second kappa shape index (κ2) is 9.28. The fraction of sp³-hybridized carbons (Fsp3) is 0.500. The first-order chi connectivity index (χ1) is 13.4. The molecular weight excluding hydrogens is 408 g/mol. The van der Waals surface area contributed by atoms with Crippen LogP contribution >= 0.6 is 0 Å². The zero-order valence-corrected chi connectivity index (χ0v) is 15.5. The SMILES string of the molecule is CCCCC1=CC(F)[C@H](CCc2ccc(C(F)(F)OC(F)(F)F)c(F)c2)C(F)=C1. The van der Waals surface area contributed by atoms with Crippen molar-refractivity contribution in [2.75, 3.05) is 0 Å². The number of alkyl halides is 6. The minimum Gasteiger partial charge on any atom is -0.242 e. The molecule has 1 nitrogen and oxygen atoms in total. The summed E-state index contributed by atoms with van der Waals surface area (Å²) in [6.07, 6.45) is -7.40. The van der Waals surface area contributed by atoms with Crippen molar-refractivity contribution in [3.63, 3.8) is 0 Å². The molecular formula is C20H20F8O. The van der Waals surface area contributed by atoms with Gasteiger partial charge in [-0.25, -0.2) is 17.9 Å². The lowest BCUT2D eigenvalue weighted by molar-refractivity contribution is -0.432. The van der Waals surface area contributed by atoms with Crippen LogP contribution in [0.25, 0.3) is 0 Å². The van der Waals surface area contributed by atoms with Crippen molar-refractivity contribution in [3.05, 3.63) is 58.7 Å². The Morgan fingerprint density at radius 2 is 1.72 bits per heavy atom. The van der Waals surface area contributed by atoms with Crippen molar-refractivity contribution in [2.24, 2.45) is 5.92 Å². The molecule has 0 fully saturated rings. The van der Waals surface area contributed by atoms with E-state index in [9.17, 15) is 35.1 Å². The zero-order valence-electron chi connectivity index (χ0n) is 15.5. The molecule has 0 radical (unpaired) electrons. The molecule has 0 amide bonds. The minimum absolute atomic E-state index is 0.0482. The quantitative estimate of drug-likeness (QED) is 0.395. The molecule has 0 aliphatic heterocycles. The van der Waals surface area contributed by atoms with Gasteiger partial charge in [0.15, 0.2) is 0 Å². The number of unbranched alkanes of at least 4 members (excludes halogenated alkanes) is 1. The number of hydrogen-bond acceptors (Lipinski definition) is 1. The number of hydrogen-bond donors (Lipinski definition) is 0. The Hall–Kier alpha value is -1.90. The second-order valence-electron chi connectivity index (χ2n) is 6.84. The van der Waals surface area contributed by atoms with Gasteiger partial charge in [0.2, 0.25) is 0 Å². The van der Waals surface area contributed by atoms with Crippen LogP contribution < -0.4 is 0 Å². The van der Waals surface area contributed by atoms with Gasteiger partial charge >= 0.3 is 12.5 Å². The summed E-state index contributed by atoms with van der Waals surface area (Å²) in [5, 5.41) is 0. The average molecular weight is 428 g/mol. The van der Waals surface area contributed by atoms with Gasteiger partial charge in [0.05, 0.1) is 5.56 Å². The first kappa shape index (κ1) is 23.4. The van der Waals surface area contributed by atoms with Crippen LogP contribution in [0.3, 0.4) is 0 Å². The highest BCUT2D eigenvalue weighted by Crippen LogP contribution is 2.38. The van der Waals surface area contributed by atoms with E-state index in [-0.39, 0.29) is 18.4 Å². The van der Waals surface area contributed by atoms with Crippen LogP contribution in [-0.2, 0) is 17.3 Å². The molecule has 29 heavy (non-hydrogen) atoms. The Morgan fingerprint density at radius 1 is 1.03 bits per heavy atom. The Bertz CT molecular complexity index is 766. The largest absolute Gasteiger partial charge is 0.527 e. The molecule has 0 saturated heterocycles. The molecule has 1 unspecified atom stereocenters. The maximum Gasteiger partial charge on any atom is 0.527 e. The fourth-order valence-electron chi connectivity index (χ4n) is 3.11. The Kier molecular flexibility index (Phi) is 7.48. The first-order valence-corrected chi connectivity index (χ1v) is 9.08. The third kappa shape index (κ3) is 6.55. The summed E-state index contributed by atoms with van der Waals surface area (Å²) >= 11 is 0. The number of allylic oxidation sites excluding steroid dienone is 4. The van der Waals surface area contributed by atoms with E-state index in [4.69, 9.17) is 0 Å². The lowest BCUT2D eigenvalue weighted by Crippen LogP contribution is -2.28. The van der Waals surface area contributed by atoms with Gasteiger partial charge in [0.25, 0.3) is 0 Å². The molecule has 0 N–H and O–H groups in total. The summed E-state index contributed by atoms with van der Waals surface area (Å²) in [5.74, 6) is -3.33. The van der Waals surface area contributed by atoms with Crippen LogP contribution in [0.5, 0.6) is 0 Å². The predicted molar refractivity (Wildman–Crippen MR) is 90.9 cm³/mol. The molecule has 9 heteroatoms. The first-order valence-electron chi connectivity index (χ1n) is 9.08. The summed E-state index contributed by atoms with van der Waals surface area (Å²) in [6, 6.07) is 2.06. The van der Waals surface area contributed by atoms with Gasteiger partial charge in [-0.3, -0.25) is 0 Å². The standard InChI is InChI=1S/C20H20F8O/c1-2-3-4-13-10-16(21)14(17(22)11-13)7-5-12-6-8-15(18(23)9-12)19(24,25)29-20(26,27)28/h6,8-11,14,16H,2-5,7H2,1H3/t14-,16?/m0/s1. The van der Waals surface area contributed by atoms with E-state index in [1.54, 1.807) is 0 Å². The van der Waals surface area contributed by atoms with Gasteiger partial charge in [0.1, 0.15) is 17.8 Å². The van der Waals surface area contributed by atoms with Crippen molar-refractivity contribution in [3.8, 4) is 0 Å². The van der Waals surface area contributed by atoms with Gasteiger partial charge < -0.3 is 0 Å². The summed E-state index contributed by atoms with van der Waals surface area (Å²) in [6.45, 7) is 1.95. The van der Waals surface area contributed by atoms with Crippen LogP contribution in [0.15, 0.2) is 41.8 Å². The maximum absolute atomic E-state index is 14.3. The van der Waals surface area contributed by atoms with Crippen LogP contribution in [0.1, 0.15) is 43.7 Å². The van der Waals surface area contributed by atoms with E-state index in [2.05, 4.69) is 4.74 Å². The molecule has 1 aromatic carbocycles. The molecule has 2 atom stereocenters. The van der Waals surface area contributed by atoms with Crippen molar-refractivity contribution in [2.45, 2.75) is 57.7 Å². The molecule has 0 saturated carbocycles. The molecule has 1 aliphatic rings. The smallest absolute Gasteiger partial charge is 0.242 e. The lowest BCUT2D eigenvalue weighted by Gasteiger charge is -2.23. The van der Waals surface area contributed by atoms with E-state index in [0.29, 0.717) is 24.1 Å². The summed E-state index contributed by atoms with van der Waals surface area (Å²) in [7, 11) is 0. The molecule has 0 heterocycles. The number of ether oxygens (including phenoxy) is 1. The van der Waals surface area contributed by atoms with Crippen LogP contribution in [0.2, 0.25) is 0 Å². The van der Waals surface area contributed by atoms with Crippen LogP contribution in [-0.4, -0.2) is 12.5 Å². The average Bonchev–Trinajstić information content (AvgIpc) is 2.57. The second-order valence-corrected chi connectivity index (χ2v) is 6.84. The Balaban J connectivity index is 2.04. The van der Waals surface area contributed by atoms with E-state index in [1.165, 1.54) is 12.2 Å². The van der Waals surface area contributed by atoms with E-state index < -0.39 is 41.8 Å². The van der Waals surface area contributed by atoms with Crippen LogP contribution in [0, 0.1) is 11.7 Å². The van der Waals surface area contributed by atoms with E-state index >= 15 is 0 Å². The minimum atomic E-state index is -5.65. The van der Waals surface area contributed by atoms with Crippen molar-refractivity contribution in [1.82, 2.24) is 0 Å². The highest BCUT2D eigenvalue weighted by atomic mass is 19.4. The van der Waals surface area contributed by atoms with Gasteiger partial charge in [-0.2, -0.15) is 8.78 Å². The zero-order chi connectivity index (χ0) is 21.8. The number of benzene rings is 1. The van der Waals surface area contributed by atoms with Gasteiger partial charge in [0, 0.05) is 5.92 Å². The summed E-state index contributed by atoms with van der Waals surface area (Å²) in [5.41, 5.74) is -0.889. The molecule has 0 bridgehead atoms. The van der Waals surface area contributed by atoms with Crippen LogP contribution in [0.4, 0.5) is 35.1 Å². The third-order valence-electron chi connectivity index (χ3n) is 4.59. The molecule has 162 valence electrons. The Labute approximate surface area is 163 Å². The van der Waals surface area contributed by atoms with Gasteiger partial charge in [-0.1, -0.05) is 19.4 Å². The molecule has 1 aliphatic carbocycles. The normalized spacial score (nSPS) is 20.4. The Morgan fingerprint density at radius 3 is 2.28 bits per heavy atom. The van der Waals surface area contributed by atoms with Crippen molar-refractivity contribution in [1.29, 1.82) is 0 Å². The van der Waals surface area contributed by atoms with E-state index in [1.807, 2.05) is 6.92 Å². The molecule has 0 aromatic heterocycles. The molecule has 2 rings (SSSR count). The summed E-state index contributed by atoms with van der Waals surface area (Å²) < 4.78 is 108. The third-order valence-corrected chi connectivity index (χ3v) is 4.59. The van der Waals surface area contributed by atoms with Gasteiger partial charge in [-0.15, -0.1) is 13.2 Å². The number of halogens is 8. The van der Waals surface area contributed by atoms with E-state index in [0.717, 1.165) is 18.9 Å². The highest BCUT2D eigenvalue weighted by molar-refractivity contribution is 5.31. The van der Waals surface area contributed by atoms with Gasteiger partial charge in [-0.05, 0) is 61.1 Å². The number of rotatable bonds is 8. The van der Waals surface area contributed by atoms with Crippen molar-refractivity contribution < 1.29 is 39.9 Å². The predicted octanol–water partition coefficient (Wildman–Crippen LogP) is 7.28.